The SMILES string of the molecule is CCCCC/C=C\C/C=C\C/C=C\C/C=C\CCCCCCCC(=O)OCC(O)COP(=O)(O)OCC(NC(=O)CCCCCCC/C=C\CCCCCCCC)C(=O)O. The van der Waals surface area contributed by atoms with Crippen molar-refractivity contribution in [3.63, 3.8) is 0 Å². The van der Waals surface area contributed by atoms with Crippen LogP contribution in [0, 0.1) is 0 Å². The number of amides is 1. The number of aliphatic hydroxyl groups is 1. The zero-order valence-corrected chi connectivity index (χ0v) is 38.4. The Hall–Kier alpha value is -2.82. The first kappa shape index (κ1) is 57.2. The summed E-state index contributed by atoms with van der Waals surface area (Å²) in [6.07, 6.45) is 49.5. The number of carboxylic acid groups (broad SMARTS) is 1. The van der Waals surface area contributed by atoms with Gasteiger partial charge in [-0.2, -0.15) is 0 Å². The molecule has 0 fully saturated rings. The normalized spacial score (nSPS) is 14.2. The first-order valence-corrected chi connectivity index (χ1v) is 24.8. The highest BCUT2D eigenvalue weighted by Gasteiger charge is 2.28. The van der Waals surface area contributed by atoms with Gasteiger partial charge in [0.1, 0.15) is 12.7 Å². The first-order chi connectivity index (χ1) is 29.1. The average Bonchev–Trinajstić information content (AvgIpc) is 3.22. The van der Waals surface area contributed by atoms with Crippen LogP contribution in [0.2, 0.25) is 0 Å². The third kappa shape index (κ3) is 41.9. The van der Waals surface area contributed by atoms with Gasteiger partial charge in [-0.3, -0.25) is 18.6 Å². The lowest BCUT2D eigenvalue weighted by molar-refractivity contribution is -0.147. The molecule has 11 nitrogen and oxygen atoms in total. The van der Waals surface area contributed by atoms with Crippen molar-refractivity contribution in [3.8, 4) is 0 Å². The number of carbonyl (C=O) groups is 3. The number of hydrogen-bond acceptors (Lipinski definition) is 8. The Morgan fingerprint density at radius 1 is 0.533 bits per heavy atom. The molecule has 0 aliphatic carbocycles. The molecule has 60 heavy (non-hydrogen) atoms. The molecule has 0 aromatic rings. The van der Waals surface area contributed by atoms with Gasteiger partial charge in [0.05, 0.1) is 13.2 Å². The third-order valence-corrected chi connectivity index (χ3v) is 10.7. The zero-order valence-electron chi connectivity index (χ0n) is 37.5. The van der Waals surface area contributed by atoms with Crippen molar-refractivity contribution in [3.05, 3.63) is 60.8 Å². The Labute approximate surface area is 364 Å². The molecule has 0 spiro atoms. The Morgan fingerprint density at radius 3 is 1.42 bits per heavy atom. The maximum absolute atomic E-state index is 12.3. The standard InChI is InChI=1S/C48H84NO10P/c1-3-5-7-9-11-13-15-17-19-20-21-22-23-24-26-28-30-32-34-36-38-40-47(52)57-41-44(50)42-58-60(55,56)59-43-45(48(53)54)49-46(51)39-37-35-33-31-29-27-25-18-16-14-12-10-8-6-4-2/h11,13,17-19,21-22,24-26,44-45,50H,3-10,12,14-16,20,23,27-43H2,1-2H3,(H,49,51)(H,53,54)(H,55,56)/b13-11-,19-17-,22-21-,25-18-,26-24-. The number of carbonyl (C=O) groups excluding carboxylic acids is 2. The lowest BCUT2D eigenvalue weighted by Gasteiger charge is -2.18. The van der Waals surface area contributed by atoms with Crippen LogP contribution in [-0.2, 0) is 32.7 Å². The number of hydrogen-bond donors (Lipinski definition) is 4. The van der Waals surface area contributed by atoms with Gasteiger partial charge in [-0.1, -0.05) is 158 Å². The second kappa shape index (κ2) is 42.9. The molecule has 0 aromatic carbocycles. The molecule has 0 aromatic heterocycles. The van der Waals surface area contributed by atoms with E-state index in [2.05, 4.69) is 79.9 Å². The number of esters is 1. The molecule has 0 rings (SSSR count). The Balaban J connectivity index is 3.92. The smallest absolute Gasteiger partial charge is 0.472 e. The maximum atomic E-state index is 12.3. The fourth-order valence-electron chi connectivity index (χ4n) is 6.12. The molecule has 12 heteroatoms. The number of unbranched alkanes of at least 4 members (excludes halogenated alkanes) is 19. The summed E-state index contributed by atoms with van der Waals surface area (Å²) in [7, 11) is -4.77. The number of carboxylic acids is 1. The fourth-order valence-corrected chi connectivity index (χ4v) is 6.89. The minimum absolute atomic E-state index is 0.132. The average molecular weight is 866 g/mol. The van der Waals surface area contributed by atoms with Gasteiger partial charge >= 0.3 is 19.8 Å². The summed E-state index contributed by atoms with van der Waals surface area (Å²) in [6, 6.07) is -1.55. The van der Waals surface area contributed by atoms with Crippen LogP contribution in [0.4, 0.5) is 0 Å². The van der Waals surface area contributed by atoms with E-state index in [9.17, 15) is 34.1 Å². The number of aliphatic carboxylic acids is 1. The summed E-state index contributed by atoms with van der Waals surface area (Å²) in [6.45, 7) is 2.53. The van der Waals surface area contributed by atoms with Crippen LogP contribution in [0.5, 0.6) is 0 Å². The molecule has 0 aliphatic heterocycles. The van der Waals surface area contributed by atoms with Gasteiger partial charge in [-0.15, -0.1) is 0 Å². The number of rotatable bonds is 43. The van der Waals surface area contributed by atoms with Gasteiger partial charge < -0.3 is 25.2 Å². The Bertz CT molecular complexity index is 1250. The van der Waals surface area contributed by atoms with Crippen LogP contribution < -0.4 is 5.32 Å². The predicted molar refractivity (Wildman–Crippen MR) is 245 cm³/mol. The topological polar surface area (TPSA) is 169 Å². The van der Waals surface area contributed by atoms with Crippen molar-refractivity contribution in [2.45, 2.75) is 206 Å². The summed E-state index contributed by atoms with van der Waals surface area (Å²) in [5.74, 6) is -2.41. The summed E-state index contributed by atoms with van der Waals surface area (Å²) in [4.78, 5) is 46.0. The van der Waals surface area contributed by atoms with Crippen LogP contribution >= 0.6 is 7.82 Å². The second-order valence-corrected chi connectivity index (χ2v) is 17.0. The number of phosphoric acid groups is 1. The van der Waals surface area contributed by atoms with Crippen molar-refractivity contribution in [1.82, 2.24) is 5.32 Å². The number of phosphoric ester groups is 1. The summed E-state index contributed by atoms with van der Waals surface area (Å²) >= 11 is 0. The molecule has 0 saturated carbocycles. The van der Waals surface area contributed by atoms with Crippen molar-refractivity contribution < 1.29 is 47.8 Å². The van der Waals surface area contributed by atoms with E-state index in [0.29, 0.717) is 12.8 Å². The quantitative estimate of drug-likeness (QED) is 0.0200. The Morgan fingerprint density at radius 2 is 0.917 bits per heavy atom. The monoisotopic (exact) mass is 866 g/mol. The molecule has 0 heterocycles. The van der Waals surface area contributed by atoms with Crippen LogP contribution in [0.3, 0.4) is 0 Å². The molecule has 3 atom stereocenters. The highest BCUT2D eigenvalue weighted by atomic mass is 31.2. The summed E-state index contributed by atoms with van der Waals surface area (Å²) in [5, 5.41) is 21.8. The van der Waals surface area contributed by atoms with Crippen LogP contribution in [0.1, 0.15) is 194 Å². The predicted octanol–water partition coefficient (Wildman–Crippen LogP) is 12.3. The number of allylic oxidation sites excluding steroid dienone is 10. The first-order valence-electron chi connectivity index (χ1n) is 23.3. The molecule has 0 saturated heterocycles. The van der Waals surface area contributed by atoms with E-state index in [-0.39, 0.29) is 12.8 Å². The van der Waals surface area contributed by atoms with Gasteiger partial charge in [0.2, 0.25) is 5.91 Å². The van der Waals surface area contributed by atoms with E-state index in [4.69, 9.17) is 13.8 Å². The van der Waals surface area contributed by atoms with Crippen molar-refractivity contribution >= 4 is 25.7 Å². The molecule has 4 N–H and O–H groups in total. The molecule has 0 aliphatic rings. The number of aliphatic hydroxyl groups excluding tert-OH is 1. The van der Waals surface area contributed by atoms with E-state index >= 15 is 0 Å². The number of ether oxygens (including phenoxy) is 1. The van der Waals surface area contributed by atoms with E-state index in [1.54, 1.807) is 0 Å². The minimum atomic E-state index is -4.77. The van der Waals surface area contributed by atoms with Crippen LogP contribution in [0.15, 0.2) is 60.8 Å². The lowest BCUT2D eigenvalue weighted by Crippen LogP contribution is -2.43. The van der Waals surface area contributed by atoms with E-state index in [1.807, 2.05) is 0 Å². The molecule has 346 valence electrons. The minimum Gasteiger partial charge on any atom is -0.480 e. The van der Waals surface area contributed by atoms with Gasteiger partial charge in [0.15, 0.2) is 6.04 Å². The van der Waals surface area contributed by atoms with Crippen molar-refractivity contribution in [2.24, 2.45) is 0 Å². The maximum Gasteiger partial charge on any atom is 0.472 e. The molecular formula is C48H84NO10P. The van der Waals surface area contributed by atoms with E-state index in [1.165, 1.54) is 64.2 Å². The lowest BCUT2D eigenvalue weighted by atomic mass is 10.1. The van der Waals surface area contributed by atoms with E-state index < -0.39 is 57.6 Å². The third-order valence-electron chi connectivity index (χ3n) is 9.78. The highest BCUT2D eigenvalue weighted by molar-refractivity contribution is 7.47. The van der Waals surface area contributed by atoms with Gasteiger partial charge in [-0.05, 0) is 83.5 Å². The van der Waals surface area contributed by atoms with Gasteiger partial charge in [0.25, 0.3) is 0 Å². The summed E-state index contributed by atoms with van der Waals surface area (Å²) in [5.41, 5.74) is 0. The second-order valence-electron chi connectivity index (χ2n) is 15.6. The van der Waals surface area contributed by atoms with Gasteiger partial charge in [0, 0.05) is 12.8 Å². The van der Waals surface area contributed by atoms with Crippen LogP contribution in [0.25, 0.3) is 0 Å². The van der Waals surface area contributed by atoms with Crippen LogP contribution in [-0.4, -0.2) is 64.9 Å². The van der Waals surface area contributed by atoms with E-state index in [0.717, 1.165) is 89.9 Å². The zero-order chi connectivity index (χ0) is 44.2. The molecular weight excluding hydrogens is 781 g/mol. The molecule has 3 unspecified atom stereocenters. The highest BCUT2D eigenvalue weighted by Crippen LogP contribution is 2.43. The molecule has 0 radical (unpaired) electrons. The van der Waals surface area contributed by atoms with Crippen molar-refractivity contribution in [2.75, 3.05) is 19.8 Å². The molecule has 1 amide bonds. The Kier molecular flexibility index (Phi) is 40.8. The van der Waals surface area contributed by atoms with Crippen molar-refractivity contribution in [1.29, 1.82) is 0 Å². The van der Waals surface area contributed by atoms with Gasteiger partial charge in [-0.25, -0.2) is 9.36 Å². The molecule has 0 bridgehead atoms. The fraction of sp³-hybridized carbons (Fsp3) is 0.729. The number of nitrogens with one attached hydrogen (secondary N) is 1. The largest absolute Gasteiger partial charge is 0.480 e. The summed E-state index contributed by atoms with van der Waals surface area (Å²) < 4.78 is 26.9.